The number of carbonyl (C=O) groups is 2. The monoisotopic (exact) mass is 481 g/mol. The summed E-state index contributed by atoms with van der Waals surface area (Å²) < 4.78 is 7.92. The Morgan fingerprint density at radius 2 is 1.88 bits per heavy atom. The quantitative estimate of drug-likeness (QED) is 0.414. The minimum atomic E-state index is -0.148. The Balaban J connectivity index is 1.42. The Kier molecular flexibility index (Phi) is 8.12. The average Bonchev–Trinajstić information content (AvgIpc) is 3.49. The van der Waals surface area contributed by atoms with E-state index in [4.69, 9.17) is 16.0 Å². The molecule has 0 radical (unpaired) electrons. The van der Waals surface area contributed by atoms with Crippen LogP contribution in [-0.4, -0.2) is 33.9 Å². The van der Waals surface area contributed by atoms with Gasteiger partial charge in [0.05, 0.1) is 23.7 Å². The van der Waals surface area contributed by atoms with Crippen molar-refractivity contribution < 1.29 is 14.0 Å². The fourth-order valence-corrected chi connectivity index (χ4v) is 4.74. The van der Waals surface area contributed by atoms with Gasteiger partial charge in [0.1, 0.15) is 5.76 Å². The van der Waals surface area contributed by atoms with E-state index in [-0.39, 0.29) is 17.9 Å². The molecule has 180 valence electrons. The zero-order valence-electron chi connectivity index (χ0n) is 19.6. The summed E-state index contributed by atoms with van der Waals surface area (Å²) in [5, 5.41) is 3.55. The van der Waals surface area contributed by atoms with Gasteiger partial charge in [0.2, 0.25) is 0 Å². The molecule has 2 heterocycles. The standard InChI is InChI=1S/C27H32ClN3O3/c1-2-16-31(27(33)23-12-6-7-13-24(23)28)18-21-11-8-17-30(21)19-22-14-15-25(34-22)26(32)29-20-9-4-3-5-10-20/h6-8,11-15,17,20H,2-5,9-10,16,18-19H2,1H3,(H,29,32). The summed E-state index contributed by atoms with van der Waals surface area (Å²) in [7, 11) is 0. The van der Waals surface area contributed by atoms with Crippen molar-refractivity contribution in [2.24, 2.45) is 0 Å². The molecule has 1 saturated carbocycles. The second-order valence-electron chi connectivity index (χ2n) is 8.91. The van der Waals surface area contributed by atoms with Crippen LogP contribution in [0.3, 0.4) is 0 Å². The first-order valence-corrected chi connectivity index (χ1v) is 12.5. The maximum Gasteiger partial charge on any atom is 0.287 e. The van der Waals surface area contributed by atoms with Crippen molar-refractivity contribution in [1.82, 2.24) is 14.8 Å². The number of carbonyl (C=O) groups excluding carboxylic acids is 2. The highest BCUT2D eigenvalue weighted by Crippen LogP contribution is 2.21. The van der Waals surface area contributed by atoms with E-state index in [1.165, 1.54) is 19.3 Å². The SMILES string of the molecule is CCCN(Cc1cccn1Cc1ccc(C(=O)NC2CCCCC2)o1)C(=O)c1ccccc1Cl. The normalized spacial score (nSPS) is 14.2. The molecule has 0 unspecified atom stereocenters. The molecular weight excluding hydrogens is 450 g/mol. The van der Waals surface area contributed by atoms with Crippen molar-refractivity contribution in [2.75, 3.05) is 6.54 Å². The molecule has 1 fully saturated rings. The van der Waals surface area contributed by atoms with Crippen molar-refractivity contribution >= 4 is 23.4 Å². The lowest BCUT2D eigenvalue weighted by molar-refractivity contribution is 0.0739. The number of furan rings is 1. The Morgan fingerprint density at radius 1 is 1.09 bits per heavy atom. The van der Waals surface area contributed by atoms with Crippen LogP contribution in [0, 0.1) is 0 Å². The Hall–Kier alpha value is -2.99. The van der Waals surface area contributed by atoms with Crippen molar-refractivity contribution in [3.8, 4) is 0 Å². The number of aromatic nitrogens is 1. The smallest absolute Gasteiger partial charge is 0.287 e. The van der Waals surface area contributed by atoms with Gasteiger partial charge in [-0.25, -0.2) is 0 Å². The summed E-state index contributed by atoms with van der Waals surface area (Å²) in [4.78, 5) is 27.6. The molecule has 2 aromatic heterocycles. The Labute approximate surface area is 205 Å². The van der Waals surface area contributed by atoms with Crippen molar-refractivity contribution in [2.45, 2.75) is 64.6 Å². The Bertz CT molecular complexity index is 1110. The minimum absolute atomic E-state index is 0.0835. The van der Waals surface area contributed by atoms with Crippen LogP contribution in [0.25, 0.3) is 0 Å². The first-order chi connectivity index (χ1) is 16.5. The lowest BCUT2D eigenvalue weighted by Gasteiger charge is -2.23. The van der Waals surface area contributed by atoms with Crippen LogP contribution in [0.4, 0.5) is 0 Å². The highest BCUT2D eigenvalue weighted by atomic mass is 35.5. The maximum atomic E-state index is 13.2. The predicted octanol–water partition coefficient (Wildman–Crippen LogP) is 5.90. The molecule has 6 nitrogen and oxygen atoms in total. The van der Waals surface area contributed by atoms with E-state index >= 15 is 0 Å². The molecule has 4 rings (SSSR count). The van der Waals surface area contributed by atoms with Crippen LogP contribution in [0.2, 0.25) is 5.02 Å². The number of rotatable bonds is 9. The van der Waals surface area contributed by atoms with Crippen LogP contribution in [-0.2, 0) is 13.1 Å². The lowest BCUT2D eigenvalue weighted by atomic mass is 9.95. The van der Waals surface area contributed by atoms with Crippen LogP contribution in [0.5, 0.6) is 0 Å². The van der Waals surface area contributed by atoms with Gasteiger partial charge >= 0.3 is 0 Å². The molecular formula is C27H32ClN3O3. The van der Waals surface area contributed by atoms with Gasteiger partial charge in [-0.2, -0.15) is 0 Å². The van der Waals surface area contributed by atoms with Gasteiger partial charge < -0.3 is 19.2 Å². The molecule has 34 heavy (non-hydrogen) atoms. The highest BCUT2D eigenvalue weighted by Gasteiger charge is 2.21. The van der Waals surface area contributed by atoms with E-state index in [0.29, 0.717) is 41.7 Å². The third-order valence-electron chi connectivity index (χ3n) is 6.31. The van der Waals surface area contributed by atoms with Crippen LogP contribution >= 0.6 is 11.6 Å². The summed E-state index contributed by atoms with van der Waals surface area (Å²) in [6.07, 6.45) is 8.45. The summed E-state index contributed by atoms with van der Waals surface area (Å²) in [5.74, 6) is 0.812. The third kappa shape index (κ3) is 5.92. The number of nitrogens with zero attached hydrogens (tertiary/aromatic N) is 2. The number of halogens is 1. The average molecular weight is 482 g/mol. The van der Waals surface area contributed by atoms with E-state index in [9.17, 15) is 9.59 Å². The zero-order chi connectivity index (χ0) is 23.9. The summed E-state index contributed by atoms with van der Waals surface area (Å²) in [5.41, 5.74) is 1.49. The molecule has 1 aliphatic carbocycles. The fourth-order valence-electron chi connectivity index (χ4n) is 4.53. The molecule has 1 N–H and O–H groups in total. The molecule has 3 aromatic rings. The molecule has 0 saturated heterocycles. The summed E-state index contributed by atoms with van der Waals surface area (Å²) >= 11 is 6.28. The van der Waals surface area contributed by atoms with E-state index in [0.717, 1.165) is 25.0 Å². The first-order valence-electron chi connectivity index (χ1n) is 12.1. The van der Waals surface area contributed by atoms with E-state index in [1.807, 2.05) is 46.0 Å². The topological polar surface area (TPSA) is 67.5 Å². The summed E-state index contributed by atoms with van der Waals surface area (Å²) in [6.45, 7) is 3.62. The third-order valence-corrected chi connectivity index (χ3v) is 6.64. The zero-order valence-corrected chi connectivity index (χ0v) is 20.4. The van der Waals surface area contributed by atoms with Gasteiger partial charge in [-0.05, 0) is 55.7 Å². The molecule has 0 spiro atoms. The van der Waals surface area contributed by atoms with Gasteiger partial charge in [0, 0.05) is 24.5 Å². The number of hydrogen-bond acceptors (Lipinski definition) is 3. The number of benzene rings is 1. The second kappa shape index (κ2) is 11.4. The van der Waals surface area contributed by atoms with Crippen LogP contribution in [0.1, 0.15) is 77.8 Å². The lowest BCUT2D eigenvalue weighted by Crippen LogP contribution is -2.35. The number of amides is 2. The van der Waals surface area contributed by atoms with Crippen molar-refractivity contribution in [3.05, 3.63) is 82.5 Å². The van der Waals surface area contributed by atoms with E-state index in [2.05, 4.69) is 12.2 Å². The maximum absolute atomic E-state index is 13.2. The molecule has 1 aliphatic rings. The van der Waals surface area contributed by atoms with Gasteiger partial charge in [0.25, 0.3) is 11.8 Å². The van der Waals surface area contributed by atoms with E-state index in [1.54, 1.807) is 18.2 Å². The molecule has 0 aliphatic heterocycles. The Morgan fingerprint density at radius 3 is 2.65 bits per heavy atom. The number of nitrogens with one attached hydrogen (secondary N) is 1. The van der Waals surface area contributed by atoms with Gasteiger partial charge in [0.15, 0.2) is 5.76 Å². The van der Waals surface area contributed by atoms with Crippen molar-refractivity contribution in [1.29, 1.82) is 0 Å². The van der Waals surface area contributed by atoms with E-state index < -0.39 is 0 Å². The molecule has 1 aromatic carbocycles. The first kappa shape index (κ1) is 24.1. The largest absolute Gasteiger partial charge is 0.454 e. The highest BCUT2D eigenvalue weighted by molar-refractivity contribution is 6.33. The van der Waals surface area contributed by atoms with Gasteiger partial charge in [-0.15, -0.1) is 0 Å². The van der Waals surface area contributed by atoms with Crippen LogP contribution < -0.4 is 5.32 Å². The number of hydrogen-bond donors (Lipinski definition) is 1. The van der Waals surface area contributed by atoms with Gasteiger partial charge in [-0.1, -0.05) is 49.9 Å². The molecule has 2 amide bonds. The minimum Gasteiger partial charge on any atom is -0.454 e. The van der Waals surface area contributed by atoms with Crippen molar-refractivity contribution in [3.63, 3.8) is 0 Å². The van der Waals surface area contributed by atoms with Gasteiger partial charge in [-0.3, -0.25) is 9.59 Å². The second-order valence-corrected chi connectivity index (χ2v) is 9.32. The fraction of sp³-hybridized carbons (Fsp3) is 0.407. The summed E-state index contributed by atoms with van der Waals surface area (Å²) in [6, 6.07) is 14.9. The molecule has 7 heteroatoms. The van der Waals surface area contributed by atoms with Crippen LogP contribution in [0.15, 0.2) is 59.1 Å². The molecule has 0 atom stereocenters. The predicted molar refractivity (Wildman–Crippen MR) is 133 cm³/mol. The molecule has 0 bridgehead atoms.